The highest BCUT2D eigenvalue weighted by atomic mass is 19.1. The average Bonchev–Trinajstić information content (AvgIpc) is 2.96. The lowest BCUT2D eigenvalue weighted by Crippen LogP contribution is -2.16. The molecule has 2 rings (SSSR count). The molecule has 0 bridgehead atoms. The highest BCUT2D eigenvalue weighted by Crippen LogP contribution is 2.27. The third-order valence-electron chi connectivity index (χ3n) is 3.16. The van der Waals surface area contributed by atoms with E-state index in [1.807, 2.05) is 0 Å². The molecule has 0 amide bonds. The van der Waals surface area contributed by atoms with Crippen LogP contribution < -0.4 is 10.1 Å². The zero-order valence-corrected chi connectivity index (χ0v) is 12.5. The van der Waals surface area contributed by atoms with Crippen LogP contribution in [-0.2, 0) is 6.42 Å². The molecule has 0 saturated heterocycles. The molecule has 0 fully saturated rings. The highest BCUT2D eigenvalue weighted by Gasteiger charge is 2.10. The monoisotopic (exact) mass is 292 g/mol. The topological polar surface area (TPSA) is 47.3 Å². The number of benzene rings is 1. The Kier molecular flexibility index (Phi) is 5.75. The average molecular weight is 292 g/mol. The molecule has 0 saturated carbocycles. The van der Waals surface area contributed by atoms with E-state index in [0.29, 0.717) is 11.7 Å². The molecule has 0 aliphatic rings. The summed E-state index contributed by atoms with van der Waals surface area (Å²) in [6.07, 6.45) is 4.57. The van der Waals surface area contributed by atoms with E-state index in [1.165, 1.54) is 13.2 Å². The first kappa shape index (κ1) is 15.5. The van der Waals surface area contributed by atoms with Crippen molar-refractivity contribution in [3.05, 3.63) is 36.1 Å². The second-order valence-corrected chi connectivity index (χ2v) is 4.82. The molecule has 1 aromatic heterocycles. The largest absolute Gasteiger partial charge is 0.494 e. The van der Waals surface area contributed by atoms with Gasteiger partial charge in [-0.25, -0.2) is 9.37 Å². The zero-order chi connectivity index (χ0) is 15.1. The number of aryl methyl sites for hydroxylation is 1. The van der Waals surface area contributed by atoms with E-state index in [9.17, 15) is 4.39 Å². The quantitative estimate of drug-likeness (QED) is 0.757. The van der Waals surface area contributed by atoms with Gasteiger partial charge in [0.25, 0.3) is 0 Å². The first-order valence-electron chi connectivity index (χ1n) is 7.24. The van der Waals surface area contributed by atoms with Gasteiger partial charge in [0.15, 0.2) is 23.2 Å². The fourth-order valence-electron chi connectivity index (χ4n) is 2.04. The molecule has 0 aliphatic carbocycles. The van der Waals surface area contributed by atoms with E-state index in [0.717, 1.165) is 37.9 Å². The second-order valence-electron chi connectivity index (χ2n) is 4.82. The number of oxazole rings is 1. The SMILES string of the molecule is CCCNCCCc1ncc(-c2ccc(F)c(OC)c2)o1. The Morgan fingerprint density at radius 2 is 2.19 bits per heavy atom. The van der Waals surface area contributed by atoms with Crippen molar-refractivity contribution in [3.63, 3.8) is 0 Å². The Bertz CT molecular complexity index is 569. The van der Waals surface area contributed by atoms with E-state index in [-0.39, 0.29) is 11.6 Å². The van der Waals surface area contributed by atoms with Crippen LogP contribution in [0.25, 0.3) is 11.3 Å². The Morgan fingerprint density at radius 3 is 2.95 bits per heavy atom. The summed E-state index contributed by atoms with van der Waals surface area (Å²) in [5.41, 5.74) is 0.760. The summed E-state index contributed by atoms with van der Waals surface area (Å²) in [6.45, 7) is 4.13. The first-order chi connectivity index (χ1) is 10.2. The summed E-state index contributed by atoms with van der Waals surface area (Å²) in [5.74, 6) is 1.15. The molecule has 0 aliphatic heterocycles. The highest BCUT2D eigenvalue weighted by molar-refractivity contribution is 5.59. The molecule has 4 nitrogen and oxygen atoms in total. The number of nitrogens with one attached hydrogen (secondary N) is 1. The second kappa shape index (κ2) is 7.78. The fourth-order valence-corrected chi connectivity index (χ4v) is 2.04. The van der Waals surface area contributed by atoms with Gasteiger partial charge in [0.05, 0.1) is 13.3 Å². The van der Waals surface area contributed by atoms with Crippen molar-refractivity contribution in [1.29, 1.82) is 0 Å². The van der Waals surface area contributed by atoms with Crippen LogP contribution in [0, 0.1) is 5.82 Å². The number of hydrogen-bond donors (Lipinski definition) is 1. The van der Waals surface area contributed by atoms with E-state index < -0.39 is 0 Å². The van der Waals surface area contributed by atoms with Crippen LogP contribution >= 0.6 is 0 Å². The Hall–Kier alpha value is -1.88. The van der Waals surface area contributed by atoms with Crippen LogP contribution in [0.3, 0.4) is 0 Å². The predicted molar refractivity (Wildman–Crippen MR) is 79.9 cm³/mol. The molecule has 0 unspecified atom stereocenters. The van der Waals surface area contributed by atoms with Crippen molar-refractivity contribution < 1.29 is 13.5 Å². The lowest BCUT2D eigenvalue weighted by atomic mass is 10.2. The van der Waals surface area contributed by atoms with Crippen molar-refractivity contribution in [3.8, 4) is 17.1 Å². The maximum Gasteiger partial charge on any atom is 0.194 e. The molecular formula is C16H21FN2O2. The molecule has 0 spiro atoms. The summed E-state index contributed by atoms with van der Waals surface area (Å²) in [7, 11) is 1.44. The minimum atomic E-state index is -0.386. The minimum absolute atomic E-state index is 0.203. The van der Waals surface area contributed by atoms with E-state index in [1.54, 1.807) is 18.3 Å². The van der Waals surface area contributed by atoms with Gasteiger partial charge in [-0.3, -0.25) is 0 Å². The van der Waals surface area contributed by atoms with E-state index in [4.69, 9.17) is 9.15 Å². The molecule has 0 radical (unpaired) electrons. The lowest BCUT2D eigenvalue weighted by molar-refractivity contribution is 0.386. The van der Waals surface area contributed by atoms with Gasteiger partial charge in [-0.05, 0) is 44.1 Å². The zero-order valence-electron chi connectivity index (χ0n) is 12.5. The number of nitrogens with zero attached hydrogens (tertiary/aromatic N) is 1. The number of aromatic nitrogens is 1. The van der Waals surface area contributed by atoms with Crippen molar-refractivity contribution in [2.24, 2.45) is 0 Å². The smallest absolute Gasteiger partial charge is 0.194 e. The van der Waals surface area contributed by atoms with Crippen LogP contribution in [0.2, 0.25) is 0 Å². The van der Waals surface area contributed by atoms with E-state index >= 15 is 0 Å². The van der Waals surface area contributed by atoms with Crippen LogP contribution in [0.4, 0.5) is 4.39 Å². The number of hydrogen-bond acceptors (Lipinski definition) is 4. The number of methoxy groups -OCH3 is 1. The van der Waals surface area contributed by atoms with Crippen LogP contribution in [0.15, 0.2) is 28.8 Å². The van der Waals surface area contributed by atoms with Gasteiger partial charge in [-0.15, -0.1) is 0 Å². The summed E-state index contributed by atoms with van der Waals surface area (Å²) in [4.78, 5) is 4.26. The third-order valence-corrected chi connectivity index (χ3v) is 3.16. The molecule has 1 aromatic carbocycles. The summed E-state index contributed by atoms with van der Waals surface area (Å²) < 4.78 is 24.1. The third kappa shape index (κ3) is 4.29. The van der Waals surface area contributed by atoms with Crippen LogP contribution in [0.1, 0.15) is 25.7 Å². The molecule has 5 heteroatoms. The number of halogens is 1. The van der Waals surface area contributed by atoms with Crippen molar-refractivity contribution in [2.75, 3.05) is 20.2 Å². The van der Waals surface area contributed by atoms with Gasteiger partial charge >= 0.3 is 0 Å². The van der Waals surface area contributed by atoms with Gasteiger partial charge in [-0.2, -0.15) is 0 Å². The molecule has 21 heavy (non-hydrogen) atoms. The van der Waals surface area contributed by atoms with Crippen molar-refractivity contribution in [2.45, 2.75) is 26.2 Å². The Morgan fingerprint density at radius 1 is 1.33 bits per heavy atom. The normalized spacial score (nSPS) is 10.8. The Labute approximate surface area is 124 Å². The van der Waals surface area contributed by atoms with Gasteiger partial charge in [0.2, 0.25) is 0 Å². The molecule has 1 heterocycles. The molecule has 114 valence electrons. The van der Waals surface area contributed by atoms with Crippen molar-refractivity contribution in [1.82, 2.24) is 10.3 Å². The fraction of sp³-hybridized carbons (Fsp3) is 0.438. The molecular weight excluding hydrogens is 271 g/mol. The summed E-state index contributed by atoms with van der Waals surface area (Å²) in [6, 6.07) is 4.64. The molecule has 1 N–H and O–H groups in total. The maximum atomic E-state index is 13.4. The lowest BCUT2D eigenvalue weighted by Gasteiger charge is -2.03. The van der Waals surface area contributed by atoms with Crippen LogP contribution in [0.5, 0.6) is 5.75 Å². The Balaban J connectivity index is 1.96. The maximum absolute atomic E-state index is 13.4. The first-order valence-corrected chi connectivity index (χ1v) is 7.24. The number of rotatable bonds is 8. The minimum Gasteiger partial charge on any atom is -0.494 e. The van der Waals surface area contributed by atoms with Crippen molar-refractivity contribution >= 4 is 0 Å². The van der Waals surface area contributed by atoms with E-state index in [2.05, 4.69) is 17.2 Å². The standard InChI is InChI=1S/C16H21FN2O2/c1-3-8-18-9-4-5-16-19-11-15(21-16)12-6-7-13(17)14(10-12)20-2/h6-7,10-11,18H,3-5,8-9H2,1-2H3. The molecule has 2 aromatic rings. The van der Waals surface area contributed by atoms with Gasteiger partial charge in [0, 0.05) is 12.0 Å². The number of ether oxygens (including phenoxy) is 1. The molecule has 0 atom stereocenters. The predicted octanol–water partition coefficient (Wildman–Crippen LogP) is 3.42. The van der Waals surface area contributed by atoms with Crippen LogP contribution in [-0.4, -0.2) is 25.2 Å². The van der Waals surface area contributed by atoms with Gasteiger partial charge < -0.3 is 14.5 Å². The van der Waals surface area contributed by atoms with Gasteiger partial charge in [-0.1, -0.05) is 6.92 Å². The summed E-state index contributed by atoms with van der Waals surface area (Å²) in [5, 5.41) is 3.34. The summed E-state index contributed by atoms with van der Waals surface area (Å²) >= 11 is 0. The van der Waals surface area contributed by atoms with Gasteiger partial charge in [0.1, 0.15) is 0 Å².